The van der Waals surface area contributed by atoms with Gasteiger partial charge in [-0.05, 0) is 37.1 Å². The van der Waals surface area contributed by atoms with E-state index in [2.05, 4.69) is 4.99 Å². The molecule has 17 heavy (non-hydrogen) atoms. The maximum absolute atomic E-state index is 5.93. The first-order valence-electron chi connectivity index (χ1n) is 5.92. The van der Waals surface area contributed by atoms with Crippen LogP contribution in [0.1, 0.15) is 18.4 Å². The predicted molar refractivity (Wildman–Crippen MR) is 70.6 cm³/mol. The molecule has 1 heterocycles. The van der Waals surface area contributed by atoms with Crippen LogP contribution in [-0.4, -0.2) is 25.1 Å². The Balaban J connectivity index is 1.91. The molecule has 92 valence electrons. The van der Waals surface area contributed by atoms with E-state index in [4.69, 9.17) is 22.1 Å². The van der Waals surface area contributed by atoms with Gasteiger partial charge < -0.3 is 10.5 Å². The van der Waals surface area contributed by atoms with E-state index in [0.717, 1.165) is 42.3 Å². The normalized spacial score (nSPS) is 18.9. The lowest BCUT2D eigenvalue weighted by Crippen LogP contribution is -2.09. The number of benzene rings is 1. The fourth-order valence-electron chi connectivity index (χ4n) is 1.89. The fraction of sp³-hybridized carbons (Fsp3) is 0.462. The summed E-state index contributed by atoms with van der Waals surface area (Å²) < 4.78 is 5.57. The van der Waals surface area contributed by atoms with E-state index in [1.54, 1.807) is 0 Å². The number of hydrogen-bond donors (Lipinski definition) is 1. The second-order valence-corrected chi connectivity index (χ2v) is 4.66. The topological polar surface area (TPSA) is 47.6 Å². The highest BCUT2D eigenvalue weighted by Gasteiger charge is 2.18. The van der Waals surface area contributed by atoms with Crippen molar-refractivity contribution in [2.24, 2.45) is 10.7 Å². The highest BCUT2D eigenvalue weighted by Crippen LogP contribution is 2.16. The number of nitrogens with two attached hydrogens (primary N) is 1. The van der Waals surface area contributed by atoms with E-state index in [0.29, 0.717) is 6.61 Å². The standard InChI is InChI=1S/C13H17ClN2O/c14-11-4-1-3-10(7-11)8-13-16-12(9-17-13)5-2-6-15/h1,3-4,7,12H,2,5-6,8-9,15H2. The molecule has 3 nitrogen and oxygen atoms in total. The van der Waals surface area contributed by atoms with E-state index >= 15 is 0 Å². The molecule has 1 atom stereocenters. The van der Waals surface area contributed by atoms with Gasteiger partial charge in [-0.3, -0.25) is 0 Å². The molecule has 0 aliphatic carbocycles. The van der Waals surface area contributed by atoms with Crippen molar-refractivity contribution in [3.63, 3.8) is 0 Å². The minimum atomic E-state index is 0.285. The van der Waals surface area contributed by atoms with Crippen LogP contribution in [0.5, 0.6) is 0 Å². The lowest BCUT2D eigenvalue weighted by atomic mass is 10.1. The Hall–Kier alpha value is -1.06. The number of aliphatic imine (C=N–C) groups is 1. The molecule has 0 spiro atoms. The summed E-state index contributed by atoms with van der Waals surface area (Å²) in [6.45, 7) is 1.41. The van der Waals surface area contributed by atoms with Crippen molar-refractivity contribution in [2.45, 2.75) is 25.3 Å². The van der Waals surface area contributed by atoms with E-state index < -0.39 is 0 Å². The summed E-state index contributed by atoms with van der Waals surface area (Å²) in [4.78, 5) is 4.55. The molecule has 1 aliphatic heterocycles. The van der Waals surface area contributed by atoms with Gasteiger partial charge >= 0.3 is 0 Å². The van der Waals surface area contributed by atoms with Gasteiger partial charge in [0.15, 0.2) is 5.90 Å². The van der Waals surface area contributed by atoms with Crippen molar-refractivity contribution in [3.8, 4) is 0 Å². The van der Waals surface area contributed by atoms with Crippen molar-refractivity contribution in [3.05, 3.63) is 34.9 Å². The Morgan fingerprint density at radius 1 is 1.47 bits per heavy atom. The molecule has 0 fully saturated rings. The van der Waals surface area contributed by atoms with Gasteiger partial charge in [0.05, 0.1) is 6.04 Å². The van der Waals surface area contributed by atoms with E-state index in [1.165, 1.54) is 0 Å². The third-order valence-corrected chi connectivity index (χ3v) is 2.99. The largest absolute Gasteiger partial charge is 0.478 e. The third kappa shape index (κ3) is 3.72. The summed E-state index contributed by atoms with van der Waals surface area (Å²) in [5.74, 6) is 0.814. The maximum atomic E-state index is 5.93. The van der Waals surface area contributed by atoms with Gasteiger partial charge in [-0.25, -0.2) is 4.99 Å². The zero-order chi connectivity index (χ0) is 12.1. The van der Waals surface area contributed by atoms with Crippen molar-refractivity contribution >= 4 is 17.5 Å². The lowest BCUT2D eigenvalue weighted by Gasteiger charge is -2.02. The highest BCUT2D eigenvalue weighted by atomic mass is 35.5. The molecule has 1 aliphatic rings. The Labute approximate surface area is 107 Å². The van der Waals surface area contributed by atoms with Crippen molar-refractivity contribution < 1.29 is 4.74 Å². The Bertz CT molecular complexity index is 406. The van der Waals surface area contributed by atoms with Crippen LogP contribution in [0.3, 0.4) is 0 Å². The molecule has 0 radical (unpaired) electrons. The Morgan fingerprint density at radius 2 is 2.35 bits per heavy atom. The molecule has 0 bridgehead atoms. The number of ether oxygens (including phenoxy) is 1. The SMILES string of the molecule is NCCCC1COC(Cc2cccc(Cl)c2)=N1. The average molecular weight is 253 g/mol. The molecule has 4 heteroatoms. The predicted octanol–water partition coefficient (Wildman–Crippen LogP) is 2.42. The lowest BCUT2D eigenvalue weighted by molar-refractivity contribution is 0.305. The molecular weight excluding hydrogens is 236 g/mol. The van der Waals surface area contributed by atoms with Crippen LogP contribution in [0, 0.1) is 0 Å². The Kier molecular flexibility index (Phi) is 4.40. The first-order valence-corrected chi connectivity index (χ1v) is 6.29. The molecule has 2 rings (SSSR count). The zero-order valence-corrected chi connectivity index (χ0v) is 10.5. The maximum Gasteiger partial charge on any atom is 0.188 e. The molecule has 1 aromatic rings. The van der Waals surface area contributed by atoms with Crippen molar-refractivity contribution in [1.82, 2.24) is 0 Å². The van der Waals surface area contributed by atoms with Gasteiger partial charge in [0.1, 0.15) is 6.61 Å². The van der Waals surface area contributed by atoms with Crippen LogP contribution >= 0.6 is 11.6 Å². The van der Waals surface area contributed by atoms with Crippen LogP contribution < -0.4 is 5.73 Å². The van der Waals surface area contributed by atoms with Gasteiger partial charge in [0, 0.05) is 11.4 Å². The van der Waals surface area contributed by atoms with Crippen molar-refractivity contribution in [1.29, 1.82) is 0 Å². The van der Waals surface area contributed by atoms with Gasteiger partial charge in [0.25, 0.3) is 0 Å². The van der Waals surface area contributed by atoms with Crippen LogP contribution in [-0.2, 0) is 11.2 Å². The monoisotopic (exact) mass is 252 g/mol. The summed E-state index contributed by atoms with van der Waals surface area (Å²) in [6.07, 6.45) is 2.73. The quantitative estimate of drug-likeness (QED) is 0.875. The van der Waals surface area contributed by atoms with Gasteiger partial charge in [0.2, 0.25) is 0 Å². The molecule has 0 aromatic heterocycles. The minimum absolute atomic E-state index is 0.285. The molecule has 2 N–H and O–H groups in total. The summed E-state index contributed by atoms with van der Waals surface area (Å²) in [5, 5.41) is 0.751. The van der Waals surface area contributed by atoms with E-state index in [1.807, 2.05) is 24.3 Å². The van der Waals surface area contributed by atoms with E-state index in [-0.39, 0.29) is 6.04 Å². The summed E-state index contributed by atoms with van der Waals surface area (Å²) in [5.41, 5.74) is 6.61. The van der Waals surface area contributed by atoms with Crippen molar-refractivity contribution in [2.75, 3.05) is 13.2 Å². The molecule has 1 unspecified atom stereocenters. The van der Waals surface area contributed by atoms with Crippen LogP contribution in [0.15, 0.2) is 29.3 Å². The second kappa shape index (κ2) is 6.03. The molecule has 0 saturated heterocycles. The minimum Gasteiger partial charge on any atom is -0.478 e. The average Bonchev–Trinajstić information content (AvgIpc) is 2.74. The van der Waals surface area contributed by atoms with Gasteiger partial charge in [-0.2, -0.15) is 0 Å². The summed E-state index contributed by atoms with van der Waals surface area (Å²) in [7, 11) is 0. The first kappa shape index (κ1) is 12.4. The van der Waals surface area contributed by atoms with E-state index in [9.17, 15) is 0 Å². The second-order valence-electron chi connectivity index (χ2n) is 4.23. The molecule has 0 saturated carbocycles. The molecule has 1 aromatic carbocycles. The highest BCUT2D eigenvalue weighted by molar-refractivity contribution is 6.30. The first-order chi connectivity index (χ1) is 8.28. The number of hydrogen-bond acceptors (Lipinski definition) is 3. The third-order valence-electron chi connectivity index (χ3n) is 2.75. The van der Waals surface area contributed by atoms with Crippen LogP contribution in [0.2, 0.25) is 5.02 Å². The number of halogens is 1. The van der Waals surface area contributed by atoms with Crippen LogP contribution in [0.4, 0.5) is 0 Å². The van der Waals surface area contributed by atoms with Gasteiger partial charge in [-0.15, -0.1) is 0 Å². The fourth-order valence-corrected chi connectivity index (χ4v) is 2.10. The Morgan fingerprint density at radius 3 is 3.12 bits per heavy atom. The molecular formula is C13H17ClN2O. The zero-order valence-electron chi connectivity index (χ0n) is 9.73. The van der Waals surface area contributed by atoms with Crippen LogP contribution in [0.25, 0.3) is 0 Å². The summed E-state index contributed by atoms with van der Waals surface area (Å²) >= 11 is 5.93. The molecule has 0 amide bonds. The number of nitrogens with zero attached hydrogens (tertiary/aromatic N) is 1. The summed E-state index contributed by atoms with van der Waals surface area (Å²) in [6, 6.07) is 8.07. The van der Waals surface area contributed by atoms with Gasteiger partial charge in [-0.1, -0.05) is 23.7 Å². The smallest absolute Gasteiger partial charge is 0.188 e. The number of rotatable bonds is 5.